The number of nitrogens with zero attached hydrogens (tertiary/aromatic N) is 1. The summed E-state index contributed by atoms with van der Waals surface area (Å²) in [5.41, 5.74) is 0. The smallest absolute Gasteiger partial charge is 0.333 e. The number of carbonyl (C=O) groups excluding carboxylic acids is 4. The van der Waals surface area contributed by atoms with E-state index in [1.165, 1.54) is 13.8 Å². The van der Waals surface area contributed by atoms with E-state index in [-0.39, 0.29) is 11.0 Å². The molecule has 0 aromatic rings. The van der Waals surface area contributed by atoms with Crippen LogP contribution in [-0.2, 0) is 43.2 Å². The Morgan fingerprint density at radius 3 is 2.36 bits per heavy atom. The number of hydrogen-bond acceptors (Lipinski definition) is 9. The molecule has 0 saturated carbocycles. The van der Waals surface area contributed by atoms with Crippen molar-refractivity contribution in [3.63, 3.8) is 0 Å². The summed E-state index contributed by atoms with van der Waals surface area (Å²) < 4.78 is 37.2. The summed E-state index contributed by atoms with van der Waals surface area (Å²) in [6.45, 7) is 1.88. The van der Waals surface area contributed by atoms with Crippen LogP contribution in [0.15, 0.2) is 0 Å². The van der Waals surface area contributed by atoms with Crippen LogP contribution in [0.1, 0.15) is 26.7 Å². The van der Waals surface area contributed by atoms with Gasteiger partial charge in [-0.25, -0.2) is 13.2 Å². The number of rotatable bonds is 6. The highest BCUT2D eigenvalue weighted by Gasteiger charge is 2.68. The van der Waals surface area contributed by atoms with Crippen LogP contribution < -0.4 is 0 Å². The van der Waals surface area contributed by atoms with Gasteiger partial charge in [0.15, 0.2) is 9.84 Å². The topological polar surface area (TPSA) is 133 Å². The molecule has 0 aliphatic carbocycles. The summed E-state index contributed by atoms with van der Waals surface area (Å²) in [5.74, 6) is -3.20. The second-order valence-corrected chi connectivity index (χ2v) is 9.22. The SMILES string of the molecule is CC1(C)[C@H](C(=O)OCOC(=O)CC(=O)OCI)N2C(=O)C[C@H]2S1(=O)=O. The third-order valence-corrected chi connectivity index (χ3v) is 7.24. The Labute approximate surface area is 157 Å². The number of hydrogen-bond donors (Lipinski definition) is 0. The zero-order valence-corrected chi connectivity index (χ0v) is 16.4. The van der Waals surface area contributed by atoms with Crippen molar-refractivity contribution in [1.82, 2.24) is 4.90 Å². The minimum atomic E-state index is -3.72. The third-order valence-electron chi connectivity index (χ3n) is 4.12. The molecule has 25 heavy (non-hydrogen) atoms. The third kappa shape index (κ3) is 3.45. The molecule has 12 heteroatoms. The molecule has 0 aromatic heterocycles. The summed E-state index contributed by atoms with van der Waals surface area (Å²) >= 11 is 1.78. The van der Waals surface area contributed by atoms with E-state index in [1.807, 2.05) is 0 Å². The largest absolute Gasteiger partial charge is 0.455 e. The van der Waals surface area contributed by atoms with Gasteiger partial charge in [0.1, 0.15) is 22.5 Å². The zero-order valence-electron chi connectivity index (χ0n) is 13.4. The number of ether oxygens (including phenoxy) is 3. The fourth-order valence-electron chi connectivity index (χ4n) is 2.72. The summed E-state index contributed by atoms with van der Waals surface area (Å²) in [6.07, 6.45) is -0.806. The number of esters is 3. The van der Waals surface area contributed by atoms with Crippen LogP contribution >= 0.6 is 22.6 Å². The van der Waals surface area contributed by atoms with Crippen molar-refractivity contribution in [3.8, 4) is 0 Å². The first kappa shape index (κ1) is 19.9. The summed E-state index contributed by atoms with van der Waals surface area (Å²) in [4.78, 5) is 47.3. The number of β-lactam (4-membered cyclic amide) rings is 1. The molecule has 1 amide bonds. The molecule has 0 unspecified atom stereocenters. The van der Waals surface area contributed by atoms with Crippen molar-refractivity contribution in [2.45, 2.75) is 42.9 Å². The minimum Gasteiger partial charge on any atom is -0.455 e. The van der Waals surface area contributed by atoms with Crippen molar-refractivity contribution in [1.29, 1.82) is 0 Å². The Balaban J connectivity index is 1.94. The lowest BCUT2D eigenvalue weighted by atomic mass is 9.98. The molecular formula is C13H16INO9S. The summed E-state index contributed by atoms with van der Waals surface area (Å²) in [7, 11) is -3.72. The van der Waals surface area contributed by atoms with Crippen LogP contribution in [0.25, 0.3) is 0 Å². The molecule has 10 nitrogen and oxygen atoms in total. The Hall–Kier alpha value is -1.44. The van der Waals surface area contributed by atoms with Crippen molar-refractivity contribution >= 4 is 56.2 Å². The van der Waals surface area contributed by atoms with Gasteiger partial charge in [0.2, 0.25) is 12.7 Å². The molecule has 0 spiro atoms. The Morgan fingerprint density at radius 2 is 1.80 bits per heavy atom. The molecule has 2 heterocycles. The second-order valence-electron chi connectivity index (χ2n) is 5.91. The van der Waals surface area contributed by atoms with E-state index >= 15 is 0 Å². The monoisotopic (exact) mass is 489 g/mol. The van der Waals surface area contributed by atoms with E-state index in [0.29, 0.717) is 0 Å². The standard InChI is InChI=1S/C13H16INO9S/c1-13(2)11(15-7(16)3-8(15)25(13,20)21)12(19)24-6-23-10(18)4-9(17)22-5-14/h8,11H,3-6H2,1-2H3/t8-,11+/m1/s1. The lowest BCUT2D eigenvalue weighted by Crippen LogP contribution is -2.57. The first-order chi connectivity index (χ1) is 11.5. The molecule has 0 bridgehead atoms. The van der Waals surface area contributed by atoms with Crippen LogP contribution in [0, 0.1) is 0 Å². The van der Waals surface area contributed by atoms with E-state index in [0.717, 1.165) is 4.90 Å². The van der Waals surface area contributed by atoms with E-state index in [9.17, 15) is 27.6 Å². The van der Waals surface area contributed by atoms with E-state index in [1.54, 1.807) is 22.6 Å². The van der Waals surface area contributed by atoms with Crippen LogP contribution in [-0.4, -0.2) is 64.7 Å². The van der Waals surface area contributed by atoms with Crippen molar-refractivity contribution in [2.75, 3.05) is 11.4 Å². The number of sulfone groups is 1. The fourth-order valence-corrected chi connectivity index (χ4v) is 5.19. The van der Waals surface area contributed by atoms with Crippen LogP contribution in [0.4, 0.5) is 0 Å². The van der Waals surface area contributed by atoms with Gasteiger partial charge in [0.25, 0.3) is 0 Å². The number of halogens is 1. The molecule has 2 rings (SSSR count). The first-order valence-corrected chi connectivity index (χ1v) is 10.2. The van der Waals surface area contributed by atoms with Crippen molar-refractivity contribution in [2.24, 2.45) is 0 Å². The highest BCUT2D eigenvalue weighted by molar-refractivity contribution is 14.1. The number of amides is 1. The molecule has 2 atom stereocenters. The molecule has 2 saturated heterocycles. The first-order valence-electron chi connectivity index (χ1n) is 7.12. The van der Waals surface area contributed by atoms with Crippen LogP contribution in [0.5, 0.6) is 0 Å². The Kier molecular flexibility index (Phi) is 5.61. The van der Waals surface area contributed by atoms with Gasteiger partial charge < -0.3 is 19.1 Å². The van der Waals surface area contributed by atoms with Gasteiger partial charge in [0, 0.05) is 0 Å². The average molecular weight is 489 g/mol. The molecule has 0 N–H and O–H groups in total. The molecule has 2 aliphatic rings. The van der Waals surface area contributed by atoms with Crippen LogP contribution in [0.3, 0.4) is 0 Å². The molecule has 2 aliphatic heterocycles. The van der Waals surface area contributed by atoms with Gasteiger partial charge in [0.05, 0.1) is 11.2 Å². The maximum atomic E-state index is 12.4. The number of alkyl halides is 1. The van der Waals surface area contributed by atoms with Crippen LogP contribution in [0.2, 0.25) is 0 Å². The summed E-state index contributed by atoms with van der Waals surface area (Å²) in [5, 5.41) is -1.03. The lowest BCUT2D eigenvalue weighted by molar-refractivity contribution is -0.176. The van der Waals surface area contributed by atoms with Gasteiger partial charge in [-0.05, 0) is 36.4 Å². The summed E-state index contributed by atoms with van der Waals surface area (Å²) in [6, 6.07) is -1.31. The van der Waals surface area contributed by atoms with E-state index in [4.69, 9.17) is 4.74 Å². The molecule has 0 aromatic carbocycles. The van der Waals surface area contributed by atoms with Gasteiger partial charge >= 0.3 is 17.9 Å². The molecular weight excluding hydrogens is 473 g/mol. The van der Waals surface area contributed by atoms with Crippen molar-refractivity contribution < 1.29 is 41.8 Å². The van der Waals surface area contributed by atoms with Gasteiger partial charge in [-0.1, -0.05) is 0 Å². The fraction of sp³-hybridized carbons (Fsp3) is 0.692. The maximum absolute atomic E-state index is 12.4. The van der Waals surface area contributed by atoms with Gasteiger partial charge in [-0.3, -0.25) is 14.4 Å². The molecule has 140 valence electrons. The Bertz CT molecular complexity index is 717. The molecule has 2 fully saturated rings. The zero-order chi connectivity index (χ0) is 19.0. The van der Waals surface area contributed by atoms with Gasteiger partial charge in [-0.15, -0.1) is 0 Å². The van der Waals surface area contributed by atoms with E-state index < -0.39 is 63.0 Å². The lowest BCUT2D eigenvalue weighted by Gasteiger charge is -2.36. The number of carbonyl (C=O) groups is 4. The van der Waals surface area contributed by atoms with E-state index in [2.05, 4.69) is 9.47 Å². The Morgan fingerprint density at radius 1 is 1.20 bits per heavy atom. The molecule has 0 radical (unpaired) electrons. The predicted octanol–water partition coefficient (Wildman–Crippen LogP) is -0.510. The maximum Gasteiger partial charge on any atom is 0.333 e. The quantitative estimate of drug-likeness (QED) is 0.121. The number of fused-ring (bicyclic) bond motifs is 1. The highest BCUT2D eigenvalue weighted by atomic mass is 127. The predicted molar refractivity (Wildman–Crippen MR) is 88.7 cm³/mol. The van der Waals surface area contributed by atoms with Gasteiger partial charge in [-0.2, -0.15) is 0 Å². The average Bonchev–Trinajstić information content (AvgIpc) is 2.61. The van der Waals surface area contributed by atoms with Crippen molar-refractivity contribution in [3.05, 3.63) is 0 Å². The normalized spacial score (nSPS) is 25.6. The minimum absolute atomic E-state index is 0.0785. The highest BCUT2D eigenvalue weighted by Crippen LogP contribution is 2.45. The second kappa shape index (κ2) is 7.05.